The highest BCUT2D eigenvalue weighted by molar-refractivity contribution is 5.76. The third-order valence-electron chi connectivity index (χ3n) is 16.4. The Labute approximate surface area is 487 Å². The molecule has 0 aliphatic heterocycles. The van der Waals surface area contributed by atoms with Crippen LogP contribution >= 0.6 is 0 Å². The van der Waals surface area contributed by atoms with Gasteiger partial charge in [0.15, 0.2) is 0 Å². The van der Waals surface area contributed by atoms with Gasteiger partial charge in [0.25, 0.3) is 0 Å². The van der Waals surface area contributed by atoms with Crippen molar-refractivity contribution in [3.8, 4) is 0 Å². The summed E-state index contributed by atoms with van der Waals surface area (Å²) in [7, 11) is 0. The molecule has 0 aliphatic rings. The summed E-state index contributed by atoms with van der Waals surface area (Å²) in [5.41, 5.74) is 0. The van der Waals surface area contributed by atoms with Gasteiger partial charge in [0.2, 0.25) is 5.91 Å². The van der Waals surface area contributed by atoms with Crippen molar-refractivity contribution in [3.63, 3.8) is 0 Å². The molecule has 0 bridgehead atoms. The molecule has 0 aliphatic carbocycles. The van der Waals surface area contributed by atoms with E-state index < -0.39 is 12.1 Å². The molecule has 0 aromatic heterocycles. The van der Waals surface area contributed by atoms with Crippen LogP contribution in [0.5, 0.6) is 0 Å². The summed E-state index contributed by atoms with van der Waals surface area (Å²) in [6.07, 6.45) is 86.5. The van der Waals surface area contributed by atoms with Crippen LogP contribution in [0.1, 0.15) is 386 Å². The first-order valence-corrected chi connectivity index (χ1v) is 35.3. The quantitative estimate of drug-likeness (QED) is 0.0320. The fraction of sp³-hybridized carbons (Fsp3) is 0.889. The molecule has 3 N–H and O–H groups in total. The van der Waals surface area contributed by atoms with Gasteiger partial charge in [-0.2, -0.15) is 0 Å². The number of hydrogen-bond donors (Lipinski definition) is 3. The number of carbonyl (C=O) groups excluding carboxylic acids is 2. The smallest absolute Gasteiger partial charge is 0.305 e. The van der Waals surface area contributed by atoms with Crippen LogP contribution in [0.4, 0.5) is 0 Å². The van der Waals surface area contributed by atoms with Gasteiger partial charge in [-0.15, -0.1) is 0 Å². The monoisotopic (exact) mass is 1100 g/mol. The molecule has 0 rings (SSSR count). The maximum Gasteiger partial charge on any atom is 0.305 e. The number of aliphatic hydroxyl groups is 2. The van der Waals surface area contributed by atoms with Gasteiger partial charge in [-0.1, -0.05) is 346 Å². The molecule has 0 saturated heterocycles. The second-order valence-corrected chi connectivity index (χ2v) is 24.2. The molecule has 6 nitrogen and oxygen atoms in total. The van der Waals surface area contributed by atoms with Crippen molar-refractivity contribution < 1.29 is 24.5 Å². The lowest BCUT2D eigenvalue weighted by Gasteiger charge is -2.20. The van der Waals surface area contributed by atoms with E-state index in [2.05, 4.69) is 43.5 Å². The zero-order chi connectivity index (χ0) is 56.4. The molecule has 78 heavy (non-hydrogen) atoms. The summed E-state index contributed by atoms with van der Waals surface area (Å²) < 4.78 is 5.47. The van der Waals surface area contributed by atoms with Crippen LogP contribution < -0.4 is 5.32 Å². The van der Waals surface area contributed by atoms with Crippen molar-refractivity contribution >= 4 is 11.9 Å². The summed E-state index contributed by atoms with van der Waals surface area (Å²) in [5, 5.41) is 23.2. The predicted octanol–water partition coefficient (Wildman–Crippen LogP) is 22.7. The highest BCUT2D eigenvalue weighted by Crippen LogP contribution is 2.18. The zero-order valence-corrected chi connectivity index (χ0v) is 52.7. The molecule has 0 fully saturated rings. The number of nitrogens with one attached hydrogen (secondary N) is 1. The molecule has 0 aromatic carbocycles. The van der Waals surface area contributed by atoms with Gasteiger partial charge < -0.3 is 20.3 Å². The van der Waals surface area contributed by atoms with Crippen molar-refractivity contribution in [2.75, 3.05) is 13.2 Å². The fourth-order valence-corrected chi connectivity index (χ4v) is 11.0. The van der Waals surface area contributed by atoms with E-state index in [1.54, 1.807) is 6.08 Å². The fourth-order valence-electron chi connectivity index (χ4n) is 11.0. The van der Waals surface area contributed by atoms with Gasteiger partial charge in [-0.25, -0.2) is 0 Å². The first-order chi connectivity index (χ1) is 38.5. The van der Waals surface area contributed by atoms with Gasteiger partial charge in [0.05, 0.1) is 25.4 Å². The van der Waals surface area contributed by atoms with Gasteiger partial charge in [0, 0.05) is 12.8 Å². The third-order valence-corrected chi connectivity index (χ3v) is 16.4. The van der Waals surface area contributed by atoms with Crippen molar-refractivity contribution in [3.05, 3.63) is 36.5 Å². The number of ether oxygens (including phenoxy) is 1. The second kappa shape index (κ2) is 67.6. The van der Waals surface area contributed by atoms with Gasteiger partial charge in [-0.05, 0) is 64.2 Å². The zero-order valence-electron chi connectivity index (χ0n) is 52.7. The first kappa shape index (κ1) is 76.1. The number of amides is 1. The van der Waals surface area contributed by atoms with E-state index in [1.807, 2.05) is 6.08 Å². The summed E-state index contributed by atoms with van der Waals surface area (Å²) in [6, 6.07) is -0.628. The highest BCUT2D eigenvalue weighted by Gasteiger charge is 2.18. The Balaban J connectivity index is 3.42. The molecule has 0 aromatic rings. The van der Waals surface area contributed by atoms with E-state index in [-0.39, 0.29) is 18.5 Å². The van der Waals surface area contributed by atoms with Crippen LogP contribution in [0, 0.1) is 0 Å². The van der Waals surface area contributed by atoms with Crippen LogP contribution in [0.3, 0.4) is 0 Å². The molecule has 2 atom stereocenters. The standard InChI is InChI=1S/C72H137NO5/c1-3-5-7-9-11-13-15-16-17-18-32-35-38-41-45-48-52-56-60-64-70(75)69(68-74)73-71(76)65-61-57-53-49-46-42-39-36-33-30-28-26-24-22-20-19-21-23-25-27-29-31-34-37-40-43-47-51-55-59-63-67-78-72(77)66-62-58-54-50-44-14-12-10-8-6-4-2/h21,23,27,29,60,64,69-70,74-75H,3-20,22,24-26,28,30-59,61-63,65-68H2,1-2H3,(H,73,76)/b23-21-,29-27-,64-60+. The average Bonchev–Trinajstić information content (AvgIpc) is 3.44. The summed E-state index contributed by atoms with van der Waals surface area (Å²) in [4.78, 5) is 24.5. The second-order valence-electron chi connectivity index (χ2n) is 24.2. The number of carbonyl (C=O) groups is 2. The molecule has 1 amide bonds. The van der Waals surface area contributed by atoms with E-state index >= 15 is 0 Å². The van der Waals surface area contributed by atoms with Crippen LogP contribution in [-0.2, 0) is 14.3 Å². The van der Waals surface area contributed by atoms with E-state index in [0.29, 0.717) is 19.4 Å². The molecule has 6 heteroatoms. The van der Waals surface area contributed by atoms with Gasteiger partial charge in [-0.3, -0.25) is 9.59 Å². The summed E-state index contributed by atoms with van der Waals surface area (Å²) in [5.74, 6) is -0.0512. The van der Waals surface area contributed by atoms with Crippen LogP contribution in [0.15, 0.2) is 36.5 Å². The lowest BCUT2D eigenvalue weighted by atomic mass is 10.0. The minimum absolute atomic E-state index is 0.0129. The number of allylic oxidation sites excluding steroid dienone is 5. The topological polar surface area (TPSA) is 95.9 Å². The lowest BCUT2D eigenvalue weighted by Crippen LogP contribution is -2.45. The Bertz CT molecular complexity index is 1260. The van der Waals surface area contributed by atoms with E-state index in [0.717, 1.165) is 44.9 Å². The number of hydrogen-bond acceptors (Lipinski definition) is 5. The van der Waals surface area contributed by atoms with Crippen LogP contribution in [-0.4, -0.2) is 47.4 Å². The molecule has 2 unspecified atom stereocenters. The number of aliphatic hydroxyl groups excluding tert-OH is 2. The van der Waals surface area contributed by atoms with Crippen molar-refractivity contribution in [1.29, 1.82) is 0 Å². The summed E-state index contributed by atoms with van der Waals surface area (Å²) >= 11 is 0. The van der Waals surface area contributed by atoms with Gasteiger partial charge >= 0.3 is 5.97 Å². The summed E-state index contributed by atoms with van der Waals surface area (Å²) in [6.45, 7) is 4.93. The largest absolute Gasteiger partial charge is 0.466 e. The Kier molecular flexibility index (Phi) is 65.9. The van der Waals surface area contributed by atoms with Crippen LogP contribution in [0.25, 0.3) is 0 Å². The SMILES string of the molecule is CCCCCCCCCCCCCCCCCCC/C=C/C(O)C(CO)NC(=O)CCCCCCCCCCCCCCCCC/C=C\C/C=C\CCCCCCCCCCCOC(=O)CCCCCCCCCCCCC. The third kappa shape index (κ3) is 63.3. The minimum atomic E-state index is -0.845. The van der Waals surface area contributed by atoms with Crippen LogP contribution in [0.2, 0.25) is 0 Å². The average molecular weight is 1100 g/mol. The maximum absolute atomic E-state index is 12.5. The minimum Gasteiger partial charge on any atom is -0.466 e. The Morgan fingerprint density at radius 1 is 0.359 bits per heavy atom. The Morgan fingerprint density at radius 2 is 0.641 bits per heavy atom. The number of rotatable bonds is 66. The molecule has 0 heterocycles. The molecule has 0 spiro atoms. The Morgan fingerprint density at radius 3 is 0.974 bits per heavy atom. The van der Waals surface area contributed by atoms with Crippen molar-refractivity contribution in [2.24, 2.45) is 0 Å². The van der Waals surface area contributed by atoms with E-state index in [1.165, 1.54) is 315 Å². The maximum atomic E-state index is 12.5. The van der Waals surface area contributed by atoms with Crippen molar-refractivity contribution in [2.45, 2.75) is 398 Å². The molecular formula is C72H137NO5. The molecule has 0 radical (unpaired) electrons. The first-order valence-electron chi connectivity index (χ1n) is 35.3. The van der Waals surface area contributed by atoms with Crippen molar-refractivity contribution in [1.82, 2.24) is 5.32 Å². The molecular weight excluding hydrogens is 959 g/mol. The lowest BCUT2D eigenvalue weighted by molar-refractivity contribution is -0.143. The molecule has 460 valence electrons. The predicted molar refractivity (Wildman–Crippen MR) is 343 cm³/mol. The number of unbranched alkanes of at least 4 members (excludes halogenated alkanes) is 51. The van der Waals surface area contributed by atoms with Gasteiger partial charge in [0.1, 0.15) is 0 Å². The van der Waals surface area contributed by atoms with E-state index in [4.69, 9.17) is 4.74 Å². The molecule has 0 saturated carbocycles. The number of esters is 1. The normalized spacial score (nSPS) is 12.7. The highest BCUT2D eigenvalue weighted by atomic mass is 16.5. The van der Waals surface area contributed by atoms with E-state index in [9.17, 15) is 19.8 Å². The Hall–Kier alpha value is -1.92.